The third-order valence-corrected chi connectivity index (χ3v) is 5.75. The smallest absolute Gasteiger partial charge is 0.255 e. The van der Waals surface area contributed by atoms with Gasteiger partial charge in [0.25, 0.3) is 5.91 Å². The molecule has 1 aliphatic heterocycles. The minimum absolute atomic E-state index is 0.0761. The highest BCUT2D eigenvalue weighted by atomic mass is 16.5. The Labute approximate surface area is 184 Å². The van der Waals surface area contributed by atoms with Gasteiger partial charge in [0.1, 0.15) is 17.6 Å². The molecule has 8 nitrogen and oxygen atoms in total. The number of carbonyl (C=O) groups is 1. The van der Waals surface area contributed by atoms with E-state index in [9.17, 15) is 4.79 Å². The molecule has 1 saturated heterocycles. The molecule has 2 aromatic rings. The van der Waals surface area contributed by atoms with Crippen LogP contribution in [0.25, 0.3) is 0 Å². The van der Waals surface area contributed by atoms with Crippen molar-refractivity contribution in [3.05, 3.63) is 42.2 Å². The van der Waals surface area contributed by atoms with Crippen molar-refractivity contribution in [2.75, 3.05) is 40.5 Å². The zero-order chi connectivity index (χ0) is 22.1. The first-order chi connectivity index (χ1) is 15.1. The third kappa shape index (κ3) is 6.70. The average Bonchev–Trinajstić information content (AvgIpc) is 3.31. The van der Waals surface area contributed by atoms with Gasteiger partial charge in [-0.05, 0) is 44.4 Å². The van der Waals surface area contributed by atoms with Gasteiger partial charge in [0.15, 0.2) is 0 Å². The van der Waals surface area contributed by atoms with E-state index in [-0.39, 0.29) is 12.0 Å². The van der Waals surface area contributed by atoms with E-state index in [1.54, 1.807) is 32.4 Å². The van der Waals surface area contributed by atoms with Crippen LogP contribution >= 0.6 is 0 Å². The third-order valence-electron chi connectivity index (χ3n) is 5.75. The Morgan fingerprint density at radius 1 is 1.29 bits per heavy atom. The summed E-state index contributed by atoms with van der Waals surface area (Å²) in [5.74, 6) is 1.08. The maximum absolute atomic E-state index is 12.6. The molecule has 1 amide bonds. The maximum atomic E-state index is 12.6. The van der Waals surface area contributed by atoms with Crippen LogP contribution in [0, 0.1) is 0 Å². The first-order valence-electron chi connectivity index (χ1n) is 10.9. The molecule has 31 heavy (non-hydrogen) atoms. The van der Waals surface area contributed by atoms with Gasteiger partial charge in [0.2, 0.25) is 0 Å². The summed E-state index contributed by atoms with van der Waals surface area (Å²) in [5, 5.41) is 7.14. The summed E-state index contributed by atoms with van der Waals surface area (Å²) in [6, 6.07) is 7.77. The molecule has 1 aliphatic rings. The Balaban J connectivity index is 1.54. The fourth-order valence-electron chi connectivity index (χ4n) is 3.82. The SMILES string of the molecule is COCCNC(=O)c1ccc(OC)cc1OC1CCN([C@H](C)CCn2cccn2)CC1. The van der Waals surface area contributed by atoms with E-state index in [1.807, 2.05) is 23.1 Å². The zero-order valence-electron chi connectivity index (χ0n) is 18.8. The molecule has 0 saturated carbocycles. The number of rotatable bonds is 11. The fourth-order valence-corrected chi connectivity index (χ4v) is 3.82. The summed E-state index contributed by atoms with van der Waals surface area (Å²) in [4.78, 5) is 15.1. The van der Waals surface area contributed by atoms with Gasteiger partial charge < -0.3 is 24.4 Å². The van der Waals surface area contributed by atoms with Gasteiger partial charge in [-0.15, -0.1) is 0 Å². The Morgan fingerprint density at radius 3 is 2.77 bits per heavy atom. The van der Waals surface area contributed by atoms with Crippen molar-refractivity contribution in [1.29, 1.82) is 0 Å². The van der Waals surface area contributed by atoms with Crippen LogP contribution in [0.4, 0.5) is 0 Å². The Kier molecular flexibility index (Phi) is 8.73. The molecular formula is C23H34N4O4. The lowest BCUT2D eigenvalue weighted by molar-refractivity contribution is 0.0740. The first kappa shape index (κ1) is 23.1. The topological polar surface area (TPSA) is 77.9 Å². The number of methoxy groups -OCH3 is 2. The summed E-state index contributed by atoms with van der Waals surface area (Å²) < 4.78 is 18.6. The predicted octanol–water partition coefficient (Wildman–Crippen LogP) is 2.59. The van der Waals surface area contributed by atoms with E-state index in [4.69, 9.17) is 14.2 Å². The van der Waals surface area contributed by atoms with E-state index < -0.39 is 0 Å². The molecule has 1 aromatic carbocycles. The first-order valence-corrected chi connectivity index (χ1v) is 10.9. The predicted molar refractivity (Wildman–Crippen MR) is 119 cm³/mol. The number of amides is 1. The van der Waals surface area contributed by atoms with Crippen LogP contribution in [-0.4, -0.2) is 73.2 Å². The van der Waals surface area contributed by atoms with Crippen molar-refractivity contribution in [3.8, 4) is 11.5 Å². The lowest BCUT2D eigenvalue weighted by Gasteiger charge is -2.36. The normalized spacial score (nSPS) is 16.1. The summed E-state index contributed by atoms with van der Waals surface area (Å²) in [6.45, 7) is 6.07. The molecule has 170 valence electrons. The molecule has 0 unspecified atom stereocenters. The van der Waals surface area contributed by atoms with Crippen LogP contribution < -0.4 is 14.8 Å². The molecule has 1 fully saturated rings. The molecule has 3 rings (SSSR count). The fraction of sp³-hybridized carbons (Fsp3) is 0.565. The second-order valence-corrected chi connectivity index (χ2v) is 7.87. The van der Waals surface area contributed by atoms with Gasteiger partial charge >= 0.3 is 0 Å². The minimum atomic E-state index is -0.167. The Morgan fingerprint density at radius 2 is 2.10 bits per heavy atom. The number of nitrogens with one attached hydrogen (secondary N) is 1. The van der Waals surface area contributed by atoms with Crippen molar-refractivity contribution < 1.29 is 19.0 Å². The highest BCUT2D eigenvalue weighted by Crippen LogP contribution is 2.28. The number of nitrogens with zero attached hydrogens (tertiary/aromatic N) is 3. The number of ether oxygens (including phenoxy) is 3. The monoisotopic (exact) mass is 430 g/mol. The van der Waals surface area contributed by atoms with Crippen molar-refractivity contribution in [2.45, 2.75) is 44.9 Å². The molecule has 0 aliphatic carbocycles. The van der Waals surface area contributed by atoms with Gasteiger partial charge in [-0.2, -0.15) is 5.10 Å². The summed E-state index contributed by atoms with van der Waals surface area (Å²) in [5.41, 5.74) is 0.520. The number of likely N-dealkylation sites (tertiary alicyclic amines) is 1. The Hall–Kier alpha value is -2.58. The van der Waals surface area contributed by atoms with Gasteiger partial charge in [-0.3, -0.25) is 9.48 Å². The number of piperidine rings is 1. The maximum Gasteiger partial charge on any atom is 0.255 e. The van der Waals surface area contributed by atoms with E-state index in [0.717, 1.165) is 38.9 Å². The van der Waals surface area contributed by atoms with Crippen molar-refractivity contribution in [1.82, 2.24) is 20.0 Å². The summed E-state index contributed by atoms with van der Waals surface area (Å²) in [7, 11) is 3.22. The lowest BCUT2D eigenvalue weighted by Crippen LogP contribution is -2.43. The minimum Gasteiger partial charge on any atom is -0.497 e. The molecule has 0 bridgehead atoms. The van der Waals surface area contributed by atoms with Gasteiger partial charge in [0, 0.05) is 57.8 Å². The molecule has 2 heterocycles. The second kappa shape index (κ2) is 11.7. The number of aromatic nitrogens is 2. The molecule has 0 spiro atoms. The summed E-state index contributed by atoms with van der Waals surface area (Å²) in [6.07, 6.45) is 6.81. The largest absolute Gasteiger partial charge is 0.497 e. The van der Waals surface area contributed by atoms with Crippen molar-refractivity contribution in [3.63, 3.8) is 0 Å². The van der Waals surface area contributed by atoms with Gasteiger partial charge in [-0.1, -0.05) is 0 Å². The van der Waals surface area contributed by atoms with Gasteiger partial charge in [0.05, 0.1) is 19.3 Å². The molecule has 0 radical (unpaired) electrons. The van der Waals surface area contributed by atoms with Crippen molar-refractivity contribution in [2.24, 2.45) is 0 Å². The second-order valence-electron chi connectivity index (χ2n) is 7.87. The molecule has 1 atom stereocenters. The highest BCUT2D eigenvalue weighted by Gasteiger charge is 2.25. The number of benzene rings is 1. The summed E-state index contributed by atoms with van der Waals surface area (Å²) >= 11 is 0. The van der Waals surface area contributed by atoms with Gasteiger partial charge in [-0.25, -0.2) is 0 Å². The van der Waals surface area contributed by atoms with Crippen LogP contribution in [0.5, 0.6) is 11.5 Å². The van der Waals surface area contributed by atoms with Crippen LogP contribution in [0.2, 0.25) is 0 Å². The lowest BCUT2D eigenvalue weighted by atomic mass is 10.0. The molecule has 8 heteroatoms. The molecule has 1 aromatic heterocycles. The average molecular weight is 431 g/mol. The zero-order valence-corrected chi connectivity index (χ0v) is 18.8. The standard InChI is InChI=1S/C23H34N4O4/c1-18(7-15-27-12-4-10-25-27)26-13-8-19(9-14-26)31-22-17-20(30-3)5-6-21(22)23(28)24-11-16-29-2/h4-6,10,12,17-19H,7-9,11,13-16H2,1-3H3,(H,24,28)/t18-/m1/s1. The van der Waals surface area contributed by atoms with E-state index in [2.05, 4.69) is 22.2 Å². The molecule has 1 N–H and O–H groups in total. The number of carbonyl (C=O) groups excluding carboxylic acids is 1. The van der Waals surface area contributed by atoms with Crippen LogP contribution in [-0.2, 0) is 11.3 Å². The van der Waals surface area contributed by atoms with E-state index in [1.165, 1.54) is 0 Å². The van der Waals surface area contributed by atoms with Crippen LogP contribution in [0.1, 0.15) is 36.5 Å². The van der Waals surface area contributed by atoms with Crippen molar-refractivity contribution >= 4 is 5.91 Å². The van der Waals surface area contributed by atoms with Crippen LogP contribution in [0.3, 0.4) is 0 Å². The highest BCUT2D eigenvalue weighted by molar-refractivity contribution is 5.97. The number of hydrogen-bond acceptors (Lipinski definition) is 6. The van der Waals surface area contributed by atoms with E-state index in [0.29, 0.717) is 36.3 Å². The number of aryl methyl sites for hydroxylation is 1. The van der Waals surface area contributed by atoms with Crippen LogP contribution in [0.15, 0.2) is 36.7 Å². The quantitative estimate of drug-likeness (QED) is 0.552. The Bertz CT molecular complexity index is 804. The number of hydrogen-bond donors (Lipinski definition) is 1. The molecular weight excluding hydrogens is 396 g/mol. The van der Waals surface area contributed by atoms with E-state index >= 15 is 0 Å².